The van der Waals surface area contributed by atoms with Crippen LogP contribution < -0.4 is 0 Å². The first kappa shape index (κ1) is 20.0. The first-order chi connectivity index (χ1) is 15.9. The predicted octanol–water partition coefficient (Wildman–Crippen LogP) is 4.44. The molecular weight excluding hydrogens is 431 g/mol. The van der Waals surface area contributed by atoms with E-state index in [9.17, 15) is 18.0 Å². The van der Waals surface area contributed by atoms with E-state index in [0.717, 1.165) is 48.3 Å². The molecule has 2 aliphatic heterocycles. The first-order valence-corrected chi connectivity index (χ1v) is 10.9. The van der Waals surface area contributed by atoms with E-state index in [1.807, 2.05) is 15.4 Å². The second kappa shape index (κ2) is 7.19. The Hall–Kier alpha value is -3.62. The molecule has 0 aliphatic carbocycles. The molecule has 1 fully saturated rings. The molecule has 4 aromatic rings. The molecule has 6 nitrogen and oxygen atoms in total. The van der Waals surface area contributed by atoms with Crippen molar-refractivity contribution in [2.45, 2.75) is 37.8 Å². The Morgan fingerprint density at radius 3 is 2.70 bits per heavy atom. The van der Waals surface area contributed by atoms with E-state index < -0.39 is 17.5 Å². The molecule has 5 heterocycles. The minimum Gasteiger partial charge on any atom is -0.327 e. The molecule has 0 unspecified atom stereocenters. The molecule has 33 heavy (non-hydrogen) atoms. The van der Waals surface area contributed by atoms with E-state index in [1.54, 1.807) is 36.4 Å². The van der Waals surface area contributed by atoms with Gasteiger partial charge in [-0.05, 0) is 49.9 Å². The third-order valence-electron chi connectivity index (χ3n) is 6.80. The largest absolute Gasteiger partial charge is 0.327 e. The van der Waals surface area contributed by atoms with Gasteiger partial charge in [-0.1, -0.05) is 0 Å². The van der Waals surface area contributed by atoms with E-state index in [-0.39, 0.29) is 23.6 Å². The molecule has 0 spiro atoms. The Morgan fingerprint density at radius 2 is 1.91 bits per heavy atom. The third kappa shape index (κ3) is 2.98. The van der Waals surface area contributed by atoms with Gasteiger partial charge in [0, 0.05) is 42.8 Å². The summed E-state index contributed by atoms with van der Waals surface area (Å²) in [5.74, 6) is -4.03. The van der Waals surface area contributed by atoms with Gasteiger partial charge in [0.25, 0.3) is 5.91 Å². The van der Waals surface area contributed by atoms with Crippen molar-refractivity contribution in [3.63, 3.8) is 0 Å². The monoisotopic (exact) mass is 451 g/mol. The summed E-state index contributed by atoms with van der Waals surface area (Å²) in [6.45, 7) is 0. The average molecular weight is 451 g/mol. The predicted molar refractivity (Wildman–Crippen MR) is 114 cm³/mol. The number of hydrogen-bond donors (Lipinski definition) is 0. The number of carbonyl (C=O) groups is 1. The summed E-state index contributed by atoms with van der Waals surface area (Å²) in [5, 5.41) is 4.67. The third-order valence-corrected chi connectivity index (χ3v) is 6.80. The highest BCUT2D eigenvalue weighted by Gasteiger charge is 2.43. The number of benzene rings is 1. The van der Waals surface area contributed by atoms with Gasteiger partial charge in [0.2, 0.25) is 0 Å². The number of piperidine rings is 1. The summed E-state index contributed by atoms with van der Waals surface area (Å²) in [7, 11) is 1.70. The van der Waals surface area contributed by atoms with E-state index >= 15 is 0 Å². The van der Waals surface area contributed by atoms with Crippen molar-refractivity contribution in [3.8, 4) is 11.3 Å². The Morgan fingerprint density at radius 1 is 1.12 bits per heavy atom. The molecule has 2 atom stereocenters. The van der Waals surface area contributed by atoms with Gasteiger partial charge in [0.05, 0.1) is 23.0 Å². The molecule has 3 aromatic heterocycles. The van der Waals surface area contributed by atoms with Crippen molar-refractivity contribution in [1.82, 2.24) is 24.1 Å². The second-order valence-corrected chi connectivity index (χ2v) is 8.72. The lowest BCUT2D eigenvalue weighted by Crippen LogP contribution is -2.49. The standard InChI is InChI=1S/C24H20F3N5O/c1-30-23(14-9-17(25)21(27)18(26)10-14)16-11-15-3-2-4-19(22(16)29-30)32(15)24(33)13-5-6-20-28-7-8-31(20)12-13/h5-10,12,15,19H,2-4,11H2,1H3/t15-,19+/m0/s1. The minimum absolute atomic E-state index is 0.0553. The van der Waals surface area contributed by atoms with Gasteiger partial charge in [0.1, 0.15) is 5.65 Å². The number of amides is 1. The highest BCUT2D eigenvalue weighted by atomic mass is 19.2. The number of rotatable bonds is 2. The Balaban J connectivity index is 1.43. The zero-order valence-electron chi connectivity index (χ0n) is 17.8. The molecule has 168 valence electrons. The van der Waals surface area contributed by atoms with Crippen LogP contribution in [0.15, 0.2) is 42.9 Å². The van der Waals surface area contributed by atoms with E-state index in [0.29, 0.717) is 17.7 Å². The number of imidazole rings is 1. The molecule has 0 N–H and O–H groups in total. The van der Waals surface area contributed by atoms with Crippen molar-refractivity contribution >= 4 is 11.6 Å². The molecule has 2 aliphatic rings. The number of aromatic nitrogens is 4. The van der Waals surface area contributed by atoms with Crippen LogP contribution in [0.5, 0.6) is 0 Å². The van der Waals surface area contributed by atoms with E-state index in [1.165, 1.54) is 0 Å². The Bertz CT molecular complexity index is 1400. The summed E-state index contributed by atoms with van der Waals surface area (Å²) >= 11 is 0. The average Bonchev–Trinajstić information content (AvgIpc) is 3.39. The molecule has 6 rings (SSSR count). The van der Waals surface area contributed by atoms with Crippen LogP contribution >= 0.6 is 0 Å². The number of hydrogen-bond acceptors (Lipinski definition) is 3. The summed E-state index contributed by atoms with van der Waals surface area (Å²) < 4.78 is 44.9. The van der Waals surface area contributed by atoms with E-state index in [4.69, 9.17) is 0 Å². The van der Waals surface area contributed by atoms with Crippen molar-refractivity contribution in [2.24, 2.45) is 7.05 Å². The highest BCUT2D eigenvalue weighted by molar-refractivity contribution is 5.95. The molecule has 1 saturated heterocycles. The van der Waals surface area contributed by atoms with Gasteiger partial charge in [-0.15, -0.1) is 0 Å². The normalized spacial score (nSPS) is 19.7. The number of halogens is 3. The number of aryl methyl sites for hydroxylation is 1. The molecule has 0 saturated carbocycles. The smallest absolute Gasteiger partial charge is 0.256 e. The maximum absolute atomic E-state index is 14.0. The number of nitrogens with zero attached hydrogens (tertiary/aromatic N) is 5. The maximum Gasteiger partial charge on any atom is 0.256 e. The summed E-state index contributed by atoms with van der Waals surface area (Å²) in [6.07, 6.45) is 8.33. The lowest BCUT2D eigenvalue weighted by Gasteiger charge is -2.45. The SMILES string of the molecule is Cn1nc2c(c1-c1cc(F)c(F)c(F)c1)C[C@@H]1CCC[C@H]2N1C(=O)c1ccc2nccn2c1. The fourth-order valence-electron chi connectivity index (χ4n) is 5.40. The lowest BCUT2D eigenvalue weighted by molar-refractivity contribution is 0.0391. The van der Waals surface area contributed by atoms with Gasteiger partial charge in [-0.2, -0.15) is 5.10 Å². The van der Waals surface area contributed by atoms with Crippen molar-refractivity contribution < 1.29 is 18.0 Å². The minimum atomic E-state index is -1.49. The van der Waals surface area contributed by atoms with Crippen LogP contribution in [-0.2, 0) is 13.5 Å². The van der Waals surface area contributed by atoms with Crippen LogP contribution in [0.2, 0.25) is 0 Å². The van der Waals surface area contributed by atoms with Crippen LogP contribution in [-0.4, -0.2) is 36.0 Å². The zero-order chi connectivity index (χ0) is 22.9. The van der Waals surface area contributed by atoms with Crippen molar-refractivity contribution in [1.29, 1.82) is 0 Å². The summed E-state index contributed by atoms with van der Waals surface area (Å²) in [5.41, 5.74) is 3.75. The van der Waals surface area contributed by atoms with Gasteiger partial charge >= 0.3 is 0 Å². The van der Waals surface area contributed by atoms with Gasteiger partial charge in [0.15, 0.2) is 17.5 Å². The Labute approximate surface area is 187 Å². The summed E-state index contributed by atoms with van der Waals surface area (Å²) in [6, 6.07) is 5.32. The Kier molecular flexibility index (Phi) is 4.36. The van der Waals surface area contributed by atoms with E-state index in [2.05, 4.69) is 10.1 Å². The maximum atomic E-state index is 14.0. The summed E-state index contributed by atoms with van der Waals surface area (Å²) in [4.78, 5) is 19.7. The van der Waals surface area contributed by atoms with Crippen LogP contribution in [0.25, 0.3) is 16.9 Å². The highest BCUT2D eigenvalue weighted by Crippen LogP contribution is 2.45. The van der Waals surface area contributed by atoms with Gasteiger partial charge < -0.3 is 9.30 Å². The van der Waals surface area contributed by atoms with Gasteiger partial charge in [-0.25, -0.2) is 18.2 Å². The topological polar surface area (TPSA) is 55.4 Å². The molecular formula is C24H20F3N5O. The van der Waals surface area contributed by atoms with Crippen molar-refractivity contribution in [2.75, 3.05) is 0 Å². The number of pyridine rings is 1. The van der Waals surface area contributed by atoms with Crippen LogP contribution in [0.4, 0.5) is 13.2 Å². The molecule has 2 bridgehead atoms. The molecule has 9 heteroatoms. The fourth-order valence-corrected chi connectivity index (χ4v) is 5.40. The van der Waals surface area contributed by atoms with Crippen molar-refractivity contribution in [3.05, 3.63) is 77.1 Å². The lowest BCUT2D eigenvalue weighted by atomic mass is 9.81. The first-order valence-electron chi connectivity index (χ1n) is 10.9. The number of fused-ring (bicyclic) bond motifs is 5. The quantitative estimate of drug-likeness (QED) is 0.424. The molecule has 1 amide bonds. The second-order valence-electron chi connectivity index (χ2n) is 8.72. The van der Waals surface area contributed by atoms with Crippen LogP contribution in [0.3, 0.4) is 0 Å². The van der Waals surface area contributed by atoms with Crippen LogP contribution in [0, 0.1) is 17.5 Å². The van der Waals surface area contributed by atoms with Crippen LogP contribution in [0.1, 0.15) is 46.9 Å². The molecule has 0 radical (unpaired) electrons. The zero-order valence-corrected chi connectivity index (χ0v) is 17.8. The number of carbonyl (C=O) groups excluding carboxylic acids is 1. The molecule has 1 aromatic carbocycles. The van der Waals surface area contributed by atoms with Gasteiger partial charge in [-0.3, -0.25) is 9.48 Å². The fraction of sp³-hybridized carbons (Fsp3) is 0.292.